The first kappa shape index (κ1) is 13.2. The van der Waals surface area contributed by atoms with E-state index >= 15 is 0 Å². The Morgan fingerprint density at radius 2 is 1.72 bits per heavy atom. The Morgan fingerprint density at radius 1 is 1.06 bits per heavy atom. The van der Waals surface area contributed by atoms with Gasteiger partial charge in [-0.05, 0) is 33.3 Å². The second-order valence-corrected chi connectivity index (χ2v) is 5.94. The fourth-order valence-electron chi connectivity index (χ4n) is 2.24. The molecule has 0 saturated heterocycles. The number of nitrogens with one attached hydrogen (secondary N) is 1. The highest BCUT2D eigenvalue weighted by molar-refractivity contribution is 7.11. The number of aromatic nitrogens is 1. The van der Waals surface area contributed by atoms with E-state index in [4.69, 9.17) is 0 Å². The van der Waals surface area contributed by atoms with Crippen LogP contribution in [-0.2, 0) is 0 Å². The Labute approximate surface area is 113 Å². The fourth-order valence-corrected chi connectivity index (χ4v) is 3.18. The van der Waals surface area contributed by atoms with Gasteiger partial charge in [-0.25, -0.2) is 4.98 Å². The Kier molecular flexibility index (Phi) is 4.15. The van der Waals surface area contributed by atoms with E-state index in [0.29, 0.717) is 12.1 Å². The Balaban J connectivity index is 2.08. The maximum atomic E-state index is 4.49. The Bertz CT molecular complexity index is 504. The van der Waals surface area contributed by atoms with Crippen LogP contribution < -0.4 is 5.32 Å². The molecular formula is C15H20N2S. The predicted molar refractivity (Wildman–Crippen MR) is 78.0 cm³/mol. The fraction of sp³-hybridized carbons (Fsp3) is 0.400. The molecule has 0 fully saturated rings. The van der Waals surface area contributed by atoms with Crippen molar-refractivity contribution in [3.63, 3.8) is 0 Å². The maximum Gasteiger partial charge on any atom is 0.0900 e. The maximum absolute atomic E-state index is 4.49. The summed E-state index contributed by atoms with van der Waals surface area (Å²) in [5.41, 5.74) is 2.47. The molecule has 1 aromatic heterocycles. The molecule has 1 N–H and O–H groups in total. The van der Waals surface area contributed by atoms with Gasteiger partial charge in [0.15, 0.2) is 0 Å². The molecule has 0 aliphatic rings. The van der Waals surface area contributed by atoms with Gasteiger partial charge in [0.1, 0.15) is 0 Å². The first-order valence-corrected chi connectivity index (χ1v) is 7.14. The van der Waals surface area contributed by atoms with Crippen LogP contribution in [0.1, 0.15) is 47.1 Å². The minimum absolute atomic E-state index is 0.339. The van der Waals surface area contributed by atoms with E-state index in [-0.39, 0.29) is 0 Å². The molecule has 0 amide bonds. The van der Waals surface area contributed by atoms with Crippen LogP contribution in [0.5, 0.6) is 0 Å². The highest BCUT2D eigenvalue weighted by Gasteiger charge is 2.15. The Hall–Kier alpha value is -1.19. The van der Waals surface area contributed by atoms with Crippen LogP contribution in [0.25, 0.3) is 0 Å². The molecule has 2 atom stereocenters. The highest BCUT2D eigenvalue weighted by atomic mass is 32.1. The first-order valence-electron chi connectivity index (χ1n) is 6.33. The van der Waals surface area contributed by atoms with Crippen molar-refractivity contribution in [1.82, 2.24) is 10.3 Å². The van der Waals surface area contributed by atoms with Gasteiger partial charge in [-0.3, -0.25) is 0 Å². The van der Waals surface area contributed by atoms with Crippen molar-refractivity contribution >= 4 is 11.3 Å². The summed E-state index contributed by atoms with van der Waals surface area (Å²) >= 11 is 1.79. The lowest BCUT2D eigenvalue weighted by molar-refractivity contribution is 0.498. The van der Waals surface area contributed by atoms with Crippen LogP contribution in [-0.4, -0.2) is 4.98 Å². The minimum atomic E-state index is 0.339. The number of nitrogens with zero attached hydrogens (tertiary/aromatic N) is 1. The van der Waals surface area contributed by atoms with Crippen molar-refractivity contribution in [1.29, 1.82) is 0 Å². The predicted octanol–water partition coefficient (Wildman–Crippen LogP) is 4.17. The summed E-state index contributed by atoms with van der Waals surface area (Å²) in [5.74, 6) is 0. The van der Waals surface area contributed by atoms with Crippen molar-refractivity contribution in [2.75, 3.05) is 0 Å². The zero-order valence-corrected chi connectivity index (χ0v) is 12.2. The van der Waals surface area contributed by atoms with E-state index in [0.717, 1.165) is 10.7 Å². The zero-order chi connectivity index (χ0) is 13.1. The molecule has 0 bridgehead atoms. The second kappa shape index (κ2) is 5.63. The summed E-state index contributed by atoms with van der Waals surface area (Å²) in [4.78, 5) is 5.83. The molecule has 0 aliphatic heterocycles. The highest BCUT2D eigenvalue weighted by Crippen LogP contribution is 2.26. The number of hydrogen-bond acceptors (Lipinski definition) is 3. The third-order valence-corrected chi connectivity index (χ3v) is 4.39. The third kappa shape index (κ3) is 2.98. The molecule has 1 unspecified atom stereocenters. The molecule has 2 aromatic rings. The smallest absolute Gasteiger partial charge is 0.0900 e. The molecule has 1 heterocycles. The summed E-state index contributed by atoms with van der Waals surface area (Å²) in [6.45, 7) is 8.56. The lowest BCUT2D eigenvalue weighted by Crippen LogP contribution is -2.22. The van der Waals surface area contributed by atoms with Gasteiger partial charge in [-0.2, -0.15) is 0 Å². The van der Waals surface area contributed by atoms with Gasteiger partial charge in [0.05, 0.1) is 10.7 Å². The lowest BCUT2D eigenvalue weighted by Gasteiger charge is -2.19. The van der Waals surface area contributed by atoms with E-state index < -0.39 is 0 Å². The molecule has 0 saturated carbocycles. The van der Waals surface area contributed by atoms with E-state index in [1.807, 2.05) is 0 Å². The van der Waals surface area contributed by atoms with Gasteiger partial charge >= 0.3 is 0 Å². The van der Waals surface area contributed by atoms with Crippen LogP contribution in [0.15, 0.2) is 30.3 Å². The third-order valence-electron chi connectivity index (χ3n) is 3.13. The van der Waals surface area contributed by atoms with Crippen LogP contribution >= 0.6 is 11.3 Å². The molecular weight excluding hydrogens is 240 g/mol. The number of benzene rings is 1. The van der Waals surface area contributed by atoms with Gasteiger partial charge in [-0.15, -0.1) is 11.3 Å². The molecule has 0 aliphatic carbocycles. The van der Waals surface area contributed by atoms with Gasteiger partial charge in [0.25, 0.3) is 0 Å². The van der Waals surface area contributed by atoms with Crippen LogP contribution in [0.2, 0.25) is 0 Å². The molecule has 0 radical (unpaired) electrons. The van der Waals surface area contributed by atoms with Crippen molar-refractivity contribution < 1.29 is 0 Å². The quantitative estimate of drug-likeness (QED) is 0.892. The van der Waals surface area contributed by atoms with Gasteiger partial charge in [0.2, 0.25) is 0 Å². The van der Waals surface area contributed by atoms with Crippen molar-refractivity contribution in [3.8, 4) is 0 Å². The van der Waals surface area contributed by atoms with E-state index in [9.17, 15) is 0 Å². The summed E-state index contributed by atoms with van der Waals surface area (Å²) in [7, 11) is 0. The number of hydrogen-bond donors (Lipinski definition) is 1. The topological polar surface area (TPSA) is 24.9 Å². The largest absolute Gasteiger partial charge is 0.303 e. The molecule has 1 aromatic carbocycles. The monoisotopic (exact) mass is 260 g/mol. The zero-order valence-electron chi connectivity index (χ0n) is 11.4. The summed E-state index contributed by atoms with van der Waals surface area (Å²) < 4.78 is 0. The average Bonchev–Trinajstić information content (AvgIpc) is 2.69. The van der Waals surface area contributed by atoms with Crippen molar-refractivity contribution in [2.24, 2.45) is 0 Å². The standard InChI is InChI=1S/C15H20N2S/c1-10(14-8-6-5-7-9-14)16-11(2)15-12(3)17-13(4)18-15/h5-11,16H,1-4H3/t10-,11?/m1/s1. The number of thiazole rings is 1. The van der Waals surface area contributed by atoms with Crippen molar-refractivity contribution in [2.45, 2.75) is 39.8 Å². The van der Waals surface area contributed by atoms with E-state index in [1.54, 1.807) is 11.3 Å². The molecule has 2 nitrogen and oxygen atoms in total. The van der Waals surface area contributed by atoms with Gasteiger partial charge in [0, 0.05) is 17.0 Å². The SMILES string of the molecule is Cc1nc(C)c(C(C)N[C@H](C)c2ccccc2)s1. The minimum Gasteiger partial charge on any atom is -0.303 e. The average molecular weight is 260 g/mol. The van der Waals surface area contributed by atoms with Crippen LogP contribution in [0.4, 0.5) is 0 Å². The Morgan fingerprint density at radius 3 is 2.28 bits per heavy atom. The summed E-state index contributed by atoms with van der Waals surface area (Å²) in [6, 6.07) is 11.2. The molecule has 18 heavy (non-hydrogen) atoms. The van der Waals surface area contributed by atoms with E-state index in [2.05, 4.69) is 68.3 Å². The second-order valence-electron chi connectivity index (χ2n) is 4.70. The summed E-state index contributed by atoms with van der Waals surface area (Å²) in [6.07, 6.45) is 0. The van der Waals surface area contributed by atoms with Crippen LogP contribution in [0, 0.1) is 13.8 Å². The number of rotatable bonds is 4. The van der Waals surface area contributed by atoms with E-state index in [1.165, 1.54) is 10.4 Å². The number of aryl methyl sites for hydroxylation is 2. The normalized spacial score (nSPS) is 14.4. The summed E-state index contributed by atoms with van der Waals surface area (Å²) in [5, 5.41) is 4.78. The van der Waals surface area contributed by atoms with Gasteiger partial charge in [-0.1, -0.05) is 30.3 Å². The molecule has 0 spiro atoms. The van der Waals surface area contributed by atoms with Crippen molar-refractivity contribution in [3.05, 3.63) is 51.5 Å². The molecule has 2 rings (SSSR count). The first-order chi connectivity index (χ1) is 8.58. The van der Waals surface area contributed by atoms with Gasteiger partial charge < -0.3 is 5.32 Å². The lowest BCUT2D eigenvalue weighted by atomic mass is 10.1. The molecule has 3 heteroatoms. The van der Waals surface area contributed by atoms with Crippen LogP contribution in [0.3, 0.4) is 0 Å². The molecule has 96 valence electrons.